The molecule has 2 aromatic carbocycles. The van der Waals surface area contributed by atoms with Crippen molar-refractivity contribution >= 4 is 16.9 Å². The minimum absolute atomic E-state index is 0.229. The molecule has 1 aliphatic rings. The molecule has 2 heterocycles. The molecule has 1 saturated heterocycles. The molecule has 27 heavy (non-hydrogen) atoms. The highest BCUT2D eigenvalue weighted by atomic mass is 19.1. The van der Waals surface area contributed by atoms with Gasteiger partial charge in [-0.25, -0.2) is 9.37 Å². The van der Waals surface area contributed by atoms with E-state index in [1.54, 1.807) is 12.1 Å². The molecule has 0 radical (unpaired) electrons. The number of carbonyl (C=O) groups excluding carboxylic acids is 1. The van der Waals surface area contributed by atoms with Crippen LogP contribution in [0.5, 0.6) is 0 Å². The van der Waals surface area contributed by atoms with Crippen LogP contribution in [-0.4, -0.2) is 41.6 Å². The van der Waals surface area contributed by atoms with Crippen molar-refractivity contribution in [3.8, 4) is 11.1 Å². The van der Waals surface area contributed by atoms with Gasteiger partial charge in [-0.1, -0.05) is 18.2 Å². The number of H-pyrrole nitrogens is 1. The van der Waals surface area contributed by atoms with Crippen LogP contribution >= 0.6 is 0 Å². The quantitative estimate of drug-likeness (QED) is 0.555. The normalized spacial score (nSPS) is 19.5. The van der Waals surface area contributed by atoms with E-state index in [1.165, 1.54) is 12.1 Å². The van der Waals surface area contributed by atoms with Gasteiger partial charge in [-0.3, -0.25) is 4.79 Å². The Morgan fingerprint density at radius 3 is 2.74 bits per heavy atom. The lowest BCUT2D eigenvalue weighted by Crippen LogP contribution is -2.37. The number of imidazole rings is 1. The maximum absolute atomic E-state index is 13.1. The van der Waals surface area contributed by atoms with Crippen LogP contribution in [-0.2, 0) is 0 Å². The van der Waals surface area contributed by atoms with Crippen molar-refractivity contribution in [2.24, 2.45) is 11.7 Å². The predicted molar refractivity (Wildman–Crippen MR) is 103 cm³/mol. The molecule has 5 N–H and O–H groups in total. The Labute approximate surface area is 156 Å². The van der Waals surface area contributed by atoms with E-state index in [9.17, 15) is 9.18 Å². The molecule has 140 valence electrons. The molecule has 1 aromatic heterocycles. The zero-order valence-electron chi connectivity index (χ0n) is 14.8. The smallest absolute Gasteiger partial charge is 0.287 e. The van der Waals surface area contributed by atoms with Gasteiger partial charge in [0.2, 0.25) is 0 Å². The topological polar surface area (TPSA) is 95.8 Å². The standard InChI is InChI=1S/C20H22FN5O/c21-15-4-1-13(2-5-15)14-3-6-17-18(8-14)26-19(25-17)20(27)24-11-16-7-12(9-22)10-23-16/h1-6,8,12,16,23H,7,9-11,22H2,(H,24,27)(H,25,26)/t12-,16-/m0/s1. The number of rotatable bonds is 5. The van der Waals surface area contributed by atoms with Gasteiger partial charge >= 0.3 is 0 Å². The summed E-state index contributed by atoms with van der Waals surface area (Å²) in [4.78, 5) is 19.9. The van der Waals surface area contributed by atoms with Gasteiger partial charge in [0, 0.05) is 12.6 Å². The largest absolute Gasteiger partial charge is 0.348 e. The number of hydrogen-bond acceptors (Lipinski definition) is 4. The molecule has 0 saturated carbocycles. The van der Waals surface area contributed by atoms with E-state index >= 15 is 0 Å². The van der Waals surface area contributed by atoms with Crippen LogP contribution in [0.1, 0.15) is 17.0 Å². The highest BCUT2D eigenvalue weighted by molar-refractivity contribution is 5.94. The Bertz CT molecular complexity index is 953. The number of aromatic nitrogens is 2. The van der Waals surface area contributed by atoms with Crippen LogP contribution in [0.3, 0.4) is 0 Å². The Hall–Kier alpha value is -2.77. The van der Waals surface area contributed by atoms with Gasteiger partial charge in [-0.2, -0.15) is 0 Å². The summed E-state index contributed by atoms with van der Waals surface area (Å²) in [5, 5.41) is 6.29. The van der Waals surface area contributed by atoms with Crippen molar-refractivity contribution in [3.63, 3.8) is 0 Å². The molecule has 0 unspecified atom stereocenters. The molecular formula is C20H22FN5O. The Morgan fingerprint density at radius 1 is 1.22 bits per heavy atom. The molecule has 6 nitrogen and oxygen atoms in total. The highest BCUT2D eigenvalue weighted by Gasteiger charge is 2.23. The molecular weight excluding hydrogens is 345 g/mol. The molecule has 1 aliphatic heterocycles. The molecule has 1 amide bonds. The number of hydrogen-bond donors (Lipinski definition) is 4. The van der Waals surface area contributed by atoms with E-state index in [0.29, 0.717) is 24.5 Å². The molecule has 0 bridgehead atoms. The average Bonchev–Trinajstić information content (AvgIpc) is 3.32. The van der Waals surface area contributed by atoms with Crippen LogP contribution < -0.4 is 16.4 Å². The van der Waals surface area contributed by atoms with Crippen molar-refractivity contribution in [1.29, 1.82) is 0 Å². The SMILES string of the molecule is NC[C@H]1CN[C@H](CNC(=O)c2nc3ccc(-c4ccc(F)cc4)cc3[nH]2)C1. The fraction of sp³-hybridized carbons (Fsp3) is 0.300. The summed E-state index contributed by atoms with van der Waals surface area (Å²) in [6.45, 7) is 2.11. The zero-order chi connectivity index (χ0) is 18.8. The summed E-state index contributed by atoms with van der Waals surface area (Å²) in [5.41, 5.74) is 9.01. The van der Waals surface area contributed by atoms with Crippen LogP contribution in [0.25, 0.3) is 22.2 Å². The van der Waals surface area contributed by atoms with Gasteiger partial charge in [0.25, 0.3) is 5.91 Å². The third-order valence-electron chi connectivity index (χ3n) is 5.03. The lowest BCUT2D eigenvalue weighted by Gasteiger charge is -2.10. The number of carbonyl (C=O) groups is 1. The molecule has 3 aromatic rings. The fourth-order valence-corrected chi connectivity index (χ4v) is 3.48. The number of nitrogens with two attached hydrogens (primary N) is 1. The van der Waals surface area contributed by atoms with Gasteiger partial charge in [-0.05, 0) is 60.8 Å². The minimum atomic E-state index is -0.269. The lowest BCUT2D eigenvalue weighted by atomic mass is 10.1. The van der Waals surface area contributed by atoms with Crippen molar-refractivity contribution in [3.05, 3.63) is 54.1 Å². The van der Waals surface area contributed by atoms with E-state index in [2.05, 4.69) is 20.6 Å². The first kappa shape index (κ1) is 17.6. The van der Waals surface area contributed by atoms with Crippen LogP contribution in [0.4, 0.5) is 4.39 Å². The maximum Gasteiger partial charge on any atom is 0.287 e. The number of benzene rings is 2. The molecule has 0 spiro atoms. The number of halogens is 1. The maximum atomic E-state index is 13.1. The number of fused-ring (bicyclic) bond motifs is 1. The minimum Gasteiger partial charge on any atom is -0.348 e. The first-order chi connectivity index (χ1) is 13.1. The average molecular weight is 367 g/mol. The summed E-state index contributed by atoms with van der Waals surface area (Å²) >= 11 is 0. The van der Waals surface area contributed by atoms with Gasteiger partial charge in [0.05, 0.1) is 11.0 Å². The number of amides is 1. The monoisotopic (exact) mass is 367 g/mol. The van der Waals surface area contributed by atoms with Gasteiger partial charge in [0.1, 0.15) is 5.82 Å². The van der Waals surface area contributed by atoms with E-state index < -0.39 is 0 Å². The Kier molecular flexibility index (Phi) is 4.87. The highest BCUT2D eigenvalue weighted by Crippen LogP contribution is 2.23. The van der Waals surface area contributed by atoms with Crippen LogP contribution in [0, 0.1) is 11.7 Å². The molecule has 4 rings (SSSR count). The third kappa shape index (κ3) is 3.84. The molecule has 7 heteroatoms. The second-order valence-electron chi connectivity index (χ2n) is 6.98. The molecule has 0 aliphatic carbocycles. The second kappa shape index (κ2) is 7.46. The molecule has 1 fully saturated rings. The summed E-state index contributed by atoms with van der Waals surface area (Å²) in [5.74, 6) is 0.264. The van der Waals surface area contributed by atoms with Crippen molar-refractivity contribution in [2.75, 3.05) is 19.6 Å². The summed E-state index contributed by atoms with van der Waals surface area (Å²) in [7, 11) is 0. The van der Waals surface area contributed by atoms with Gasteiger partial charge in [-0.15, -0.1) is 0 Å². The van der Waals surface area contributed by atoms with Crippen LogP contribution in [0.2, 0.25) is 0 Å². The zero-order valence-corrected chi connectivity index (χ0v) is 14.8. The Morgan fingerprint density at radius 2 is 2.00 bits per heavy atom. The number of aromatic amines is 1. The first-order valence-electron chi connectivity index (χ1n) is 9.09. The fourth-order valence-electron chi connectivity index (χ4n) is 3.48. The second-order valence-corrected chi connectivity index (χ2v) is 6.98. The first-order valence-corrected chi connectivity index (χ1v) is 9.09. The van der Waals surface area contributed by atoms with E-state index in [1.807, 2.05) is 18.2 Å². The van der Waals surface area contributed by atoms with Crippen molar-refractivity contribution in [2.45, 2.75) is 12.5 Å². The van der Waals surface area contributed by atoms with E-state index in [-0.39, 0.29) is 23.6 Å². The lowest BCUT2D eigenvalue weighted by molar-refractivity contribution is 0.0941. The van der Waals surface area contributed by atoms with Gasteiger partial charge < -0.3 is 21.4 Å². The van der Waals surface area contributed by atoms with Crippen molar-refractivity contribution < 1.29 is 9.18 Å². The summed E-state index contributed by atoms with van der Waals surface area (Å²) in [6.07, 6.45) is 0.970. The van der Waals surface area contributed by atoms with E-state index in [4.69, 9.17) is 5.73 Å². The van der Waals surface area contributed by atoms with Crippen LogP contribution in [0.15, 0.2) is 42.5 Å². The predicted octanol–water partition coefficient (Wildman–Crippen LogP) is 2.04. The molecule has 2 atom stereocenters. The Balaban J connectivity index is 1.46. The third-order valence-corrected chi connectivity index (χ3v) is 5.03. The van der Waals surface area contributed by atoms with E-state index in [0.717, 1.165) is 29.6 Å². The number of nitrogens with zero attached hydrogens (tertiary/aromatic N) is 1. The summed E-state index contributed by atoms with van der Waals surface area (Å²) in [6, 6.07) is 12.2. The number of nitrogens with one attached hydrogen (secondary N) is 3. The summed E-state index contributed by atoms with van der Waals surface area (Å²) < 4.78 is 13.1. The van der Waals surface area contributed by atoms with Gasteiger partial charge in [0.15, 0.2) is 5.82 Å². The van der Waals surface area contributed by atoms with Crippen molar-refractivity contribution in [1.82, 2.24) is 20.6 Å².